The molecule has 1 aromatic heterocycles. The summed E-state index contributed by atoms with van der Waals surface area (Å²) in [5.41, 5.74) is 0. The monoisotopic (exact) mass is 250 g/mol. The van der Waals surface area contributed by atoms with Gasteiger partial charge in [0.15, 0.2) is 5.82 Å². The number of hydrogen-bond donors (Lipinski definition) is 1. The molecule has 0 atom stereocenters. The molecule has 0 spiro atoms. The number of hydrogen-bond acceptors (Lipinski definition) is 5. The van der Waals surface area contributed by atoms with E-state index in [4.69, 9.17) is 4.52 Å². The van der Waals surface area contributed by atoms with Crippen molar-refractivity contribution in [1.29, 1.82) is 0 Å². The van der Waals surface area contributed by atoms with Gasteiger partial charge in [-0.05, 0) is 38.1 Å². The predicted molar refractivity (Wildman–Crippen MR) is 68.1 cm³/mol. The van der Waals surface area contributed by atoms with Crippen LogP contribution in [0, 0.1) is 12.8 Å². The summed E-state index contributed by atoms with van der Waals surface area (Å²) in [6.45, 7) is 6.16. The minimum Gasteiger partial charge on any atom is -0.340 e. The highest BCUT2D eigenvalue weighted by Crippen LogP contribution is 2.28. The molecule has 0 unspecified atom stereocenters. The number of aromatic nitrogens is 2. The van der Waals surface area contributed by atoms with Gasteiger partial charge in [-0.2, -0.15) is 4.98 Å². The lowest BCUT2D eigenvalue weighted by Crippen LogP contribution is -2.42. The summed E-state index contributed by atoms with van der Waals surface area (Å²) in [6.07, 6.45) is 5.35. The van der Waals surface area contributed by atoms with Gasteiger partial charge in [0.2, 0.25) is 5.89 Å². The molecule has 18 heavy (non-hydrogen) atoms. The van der Waals surface area contributed by atoms with E-state index in [-0.39, 0.29) is 0 Å². The molecule has 0 radical (unpaired) electrons. The highest BCUT2D eigenvalue weighted by atomic mass is 16.5. The smallest absolute Gasteiger partial charge is 0.223 e. The SMILES string of the molecule is Cc1nc(CN2CCC(NCC3CC3)CC2)no1. The largest absolute Gasteiger partial charge is 0.340 e. The lowest BCUT2D eigenvalue weighted by atomic mass is 10.0. The zero-order valence-electron chi connectivity index (χ0n) is 11.1. The molecule has 2 heterocycles. The van der Waals surface area contributed by atoms with Crippen LogP contribution in [0.2, 0.25) is 0 Å². The molecule has 1 aromatic rings. The Balaban J connectivity index is 1.39. The molecule has 3 rings (SSSR count). The van der Waals surface area contributed by atoms with Gasteiger partial charge in [0, 0.05) is 26.1 Å². The fourth-order valence-corrected chi connectivity index (χ4v) is 2.56. The average molecular weight is 250 g/mol. The van der Waals surface area contributed by atoms with Crippen LogP contribution in [-0.4, -0.2) is 40.7 Å². The second-order valence-electron chi connectivity index (χ2n) is 5.63. The standard InChI is InChI=1S/C13H22N4O/c1-10-15-13(16-18-10)9-17-6-4-12(5-7-17)14-8-11-2-3-11/h11-12,14H,2-9H2,1H3. The number of likely N-dealkylation sites (tertiary alicyclic amines) is 1. The molecule has 0 bridgehead atoms. The normalized spacial score (nSPS) is 22.5. The Kier molecular flexibility index (Phi) is 3.61. The average Bonchev–Trinajstić information content (AvgIpc) is 3.12. The summed E-state index contributed by atoms with van der Waals surface area (Å²) in [6, 6.07) is 0.717. The van der Waals surface area contributed by atoms with Crippen molar-refractivity contribution in [3.63, 3.8) is 0 Å². The molecular formula is C13H22N4O. The molecule has 5 nitrogen and oxygen atoms in total. The van der Waals surface area contributed by atoms with Crippen LogP contribution >= 0.6 is 0 Å². The van der Waals surface area contributed by atoms with E-state index >= 15 is 0 Å². The van der Waals surface area contributed by atoms with Gasteiger partial charge in [-0.15, -0.1) is 0 Å². The quantitative estimate of drug-likeness (QED) is 0.854. The fourth-order valence-electron chi connectivity index (χ4n) is 2.56. The lowest BCUT2D eigenvalue weighted by Gasteiger charge is -2.31. The molecule has 0 aromatic carbocycles. The maximum atomic E-state index is 5.00. The summed E-state index contributed by atoms with van der Waals surface area (Å²) in [4.78, 5) is 6.67. The predicted octanol–water partition coefficient (Wildman–Crippen LogP) is 1.34. The van der Waals surface area contributed by atoms with Crippen LogP contribution in [-0.2, 0) is 6.54 Å². The fraction of sp³-hybridized carbons (Fsp3) is 0.846. The molecule has 2 fully saturated rings. The van der Waals surface area contributed by atoms with Crippen molar-refractivity contribution in [2.45, 2.75) is 45.2 Å². The lowest BCUT2D eigenvalue weighted by molar-refractivity contribution is 0.184. The Hall–Kier alpha value is -0.940. The Morgan fingerprint density at radius 2 is 2.06 bits per heavy atom. The summed E-state index contributed by atoms with van der Waals surface area (Å²) in [5, 5.41) is 7.65. The van der Waals surface area contributed by atoms with E-state index in [2.05, 4.69) is 20.4 Å². The van der Waals surface area contributed by atoms with Crippen molar-refractivity contribution in [2.75, 3.05) is 19.6 Å². The molecule has 5 heteroatoms. The first kappa shape index (κ1) is 12.1. The summed E-state index contributed by atoms with van der Waals surface area (Å²) >= 11 is 0. The van der Waals surface area contributed by atoms with E-state index < -0.39 is 0 Å². The number of nitrogens with zero attached hydrogens (tertiary/aromatic N) is 3. The van der Waals surface area contributed by atoms with Gasteiger partial charge in [-0.1, -0.05) is 5.16 Å². The van der Waals surface area contributed by atoms with E-state index in [0.717, 1.165) is 31.4 Å². The zero-order valence-corrected chi connectivity index (χ0v) is 11.1. The maximum Gasteiger partial charge on any atom is 0.223 e. The van der Waals surface area contributed by atoms with Crippen LogP contribution in [0.15, 0.2) is 4.52 Å². The molecule has 0 amide bonds. The van der Waals surface area contributed by atoms with Gasteiger partial charge in [0.05, 0.1) is 6.54 Å². The van der Waals surface area contributed by atoms with Crippen molar-refractivity contribution < 1.29 is 4.52 Å². The van der Waals surface area contributed by atoms with Crippen molar-refractivity contribution >= 4 is 0 Å². The Morgan fingerprint density at radius 3 is 2.67 bits per heavy atom. The van der Waals surface area contributed by atoms with E-state index in [1.165, 1.54) is 32.2 Å². The van der Waals surface area contributed by atoms with Crippen LogP contribution in [0.25, 0.3) is 0 Å². The highest BCUT2D eigenvalue weighted by molar-refractivity contribution is 4.87. The molecule has 1 N–H and O–H groups in total. The zero-order chi connectivity index (χ0) is 12.4. The van der Waals surface area contributed by atoms with Crippen LogP contribution in [0.1, 0.15) is 37.4 Å². The number of aryl methyl sites for hydroxylation is 1. The second-order valence-corrected chi connectivity index (χ2v) is 5.63. The van der Waals surface area contributed by atoms with Crippen LogP contribution in [0.3, 0.4) is 0 Å². The van der Waals surface area contributed by atoms with Gasteiger partial charge >= 0.3 is 0 Å². The van der Waals surface area contributed by atoms with E-state index in [1.807, 2.05) is 6.92 Å². The third-order valence-electron chi connectivity index (χ3n) is 3.91. The van der Waals surface area contributed by atoms with Crippen molar-refractivity contribution in [3.8, 4) is 0 Å². The topological polar surface area (TPSA) is 54.2 Å². The molecule has 1 aliphatic carbocycles. The molecule has 1 saturated heterocycles. The van der Waals surface area contributed by atoms with Gasteiger partial charge in [0.25, 0.3) is 0 Å². The van der Waals surface area contributed by atoms with Crippen molar-refractivity contribution in [1.82, 2.24) is 20.4 Å². The van der Waals surface area contributed by atoms with Crippen molar-refractivity contribution in [3.05, 3.63) is 11.7 Å². The van der Waals surface area contributed by atoms with Gasteiger partial charge < -0.3 is 9.84 Å². The first-order valence-electron chi connectivity index (χ1n) is 7.04. The molecule has 2 aliphatic rings. The molecular weight excluding hydrogens is 228 g/mol. The first-order valence-corrected chi connectivity index (χ1v) is 7.04. The van der Waals surface area contributed by atoms with Gasteiger partial charge in [0.1, 0.15) is 0 Å². The minimum absolute atomic E-state index is 0.658. The van der Waals surface area contributed by atoms with E-state index in [9.17, 15) is 0 Å². The highest BCUT2D eigenvalue weighted by Gasteiger charge is 2.24. The van der Waals surface area contributed by atoms with Gasteiger partial charge in [-0.3, -0.25) is 4.90 Å². The van der Waals surface area contributed by atoms with Gasteiger partial charge in [-0.25, -0.2) is 0 Å². The number of rotatable bonds is 5. The van der Waals surface area contributed by atoms with E-state index in [0.29, 0.717) is 11.9 Å². The second kappa shape index (κ2) is 5.36. The number of piperidine rings is 1. The Bertz CT molecular complexity index is 380. The van der Waals surface area contributed by atoms with Crippen LogP contribution in [0.5, 0.6) is 0 Å². The summed E-state index contributed by atoms with van der Waals surface area (Å²) in [7, 11) is 0. The molecule has 1 saturated carbocycles. The van der Waals surface area contributed by atoms with E-state index in [1.54, 1.807) is 0 Å². The first-order chi connectivity index (χ1) is 8.79. The maximum absolute atomic E-state index is 5.00. The third-order valence-corrected chi connectivity index (χ3v) is 3.91. The van der Waals surface area contributed by atoms with Crippen LogP contribution < -0.4 is 5.32 Å². The molecule has 100 valence electrons. The number of nitrogens with one attached hydrogen (secondary N) is 1. The van der Waals surface area contributed by atoms with Crippen molar-refractivity contribution in [2.24, 2.45) is 5.92 Å². The Labute approximate surface area is 108 Å². The summed E-state index contributed by atoms with van der Waals surface area (Å²) < 4.78 is 5.00. The third kappa shape index (κ3) is 3.29. The summed E-state index contributed by atoms with van der Waals surface area (Å²) in [5.74, 6) is 2.45. The minimum atomic E-state index is 0.658. The molecule has 1 aliphatic heterocycles. The Morgan fingerprint density at radius 1 is 1.28 bits per heavy atom. The van der Waals surface area contributed by atoms with Crippen LogP contribution in [0.4, 0.5) is 0 Å².